The lowest BCUT2D eigenvalue weighted by Gasteiger charge is -2.22. The van der Waals surface area contributed by atoms with Crippen molar-refractivity contribution in [2.45, 2.75) is 51.9 Å². The lowest BCUT2D eigenvalue weighted by Crippen LogP contribution is -2.33. The number of hydrogen-bond donors (Lipinski definition) is 1. The zero-order valence-electron chi connectivity index (χ0n) is 10.6. The third-order valence-electron chi connectivity index (χ3n) is 2.79. The smallest absolute Gasteiger partial charge is 0.158 e. The zero-order chi connectivity index (χ0) is 11.6. The minimum absolute atomic E-state index is 0.0402. The normalized spacial score (nSPS) is 20.6. The van der Waals surface area contributed by atoms with Crippen LogP contribution in [0.5, 0.6) is 0 Å². The van der Waals surface area contributed by atoms with E-state index in [-0.39, 0.29) is 6.29 Å². The van der Waals surface area contributed by atoms with Crippen LogP contribution in [0.25, 0.3) is 0 Å². The predicted octanol–water partition coefficient (Wildman–Crippen LogP) is 2.47. The van der Waals surface area contributed by atoms with Crippen LogP contribution in [0, 0.1) is 0 Å². The van der Waals surface area contributed by atoms with E-state index in [4.69, 9.17) is 9.47 Å². The van der Waals surface area contributed by atoms with Crippen molar-refractivity contribution < 1.29 is 9.47 Å². The fraction of sp³-hybridized carbons (Fsp3) is 0.846. The van der Waals surface area contributed by atoms with E-state index in [2.05, 4.69) is 17.5 Å². The maximum absolute atomic E-state index is 5.50. The minimum Gasteiger partial charge on any atom is -0.353 e. The second-order valence-electron chi connectivity index (χ2n) is 4.06. The number of allylic oxidation sites excluding steroid dienone is 1. The first kappa shape index (κ1) is 13.7. The molecule has 0 radical (unpaired) electrons. The Bertz CT molecular complexity index is 188. The van der Waals surface area contributed by atoms with E-state index in [1.54, 1.807) is 0 Å². The monoisotopic (exact) mass is 227 g/mol. The number of rotatable bonds is 8. The van der Waals surface area contributed by atoms with Crippen LogP contribution >= 0.6 is 0 Å². The molecule has 1 aliphatic rings. The summed E-state index contributed by atoms with van der Waals surface area (Å²) in [6.07, 6.45) is 9.05. The average molecular weight is 227 g/mol. The fourth-order valence-electron chi connectivity index (χ4n) is 1.97. The summed E-state index contributed by atoms with van der Waals surface area (Å²) in [7, 11) is 0. The van der Waals surface area contributed by atoms with Gasteiger partial charge >= 0.3 is 0 Å². The molecule has 16 heavy (non-hydrogen) atoms. The van der Waals surface area contributed by atoms with E-state index in [0.29, 0.717) is 6.04 Å². The largest absolute Gasteiger partial charge is 0.353 e. The lowest BCUT2D eigenvalue weighted by atomic mass is 10.0. The van der Waals surface area contributed by atoms with Gasteiger partial charge in [-0.2, -0.15) is 0 Å². The van der Waals surface area contributed by atoms with Crippen LogP contribution in [0.4, 0.5) is 0 Å². The maximum Gasteiger partial charge on any atom is 0.158 e. The summed E-state index contributed by atoms with van der Waals surface area (Å²) in [5.74, 6) is 0. The summed E-state index contributed by atoms with van der Waals surface area (Å²) in [4.78, 5) is 0. The highest BCUT2D eigenvalue weighted by Crippen LogP contribution is 2.10. The van der Waals surface area contributed by atoms with Crippen LogP contribution in [0.3, 0.4) is 0 Å². The topological polar surface area (TPSA) is 30.5 Å². The van der Waals surface area contributed by atoms with E-state index >= 15 is 0 Å². The highest BCUT2D eigenvalue weighted by atomic mass is 16.7. The molecule has 0 fully saturated rings. The summed E-state index contributed by atoms with van der Waals surface area (Å²) >= 11 is 0. The standard InChI is InChI=1S/C13H25NO2/c1-3-15-13(16-4-2)10-11-14-12-8-6-5-7-9-12/h5-6,12-14H,3-4,7-11H2,1-2H3. The van der Waals surface area contributed by atoms with Crippen molar-refractivity contribution >= 4 is 0 Å². The Balaban J connectivity index is 2.09. The number of ether oxygens (including phenoxy) is 2. The molecule has 94 valence electrons. The summed E-state index contributed by atoms with van der Waals surface area (Å²) in [5, 5.41) is 3.56. The molecule has 1 N–H and O–H groups in total. The Morgan fingerprint density at radius 2 is 2.00 bits per heavy atom. The van der Waals surface area contributed by atoms with Crippen LogP contribution in [0.15, 0.2) is 12.2 Å². The average Bonchev–Trinajstić information content (AvgIpc) is 2.31. The summed E-state index contributed by atoms with van der Waals surface area (Å²) in [6, 6.07) is 0.647. The van der Waals surface area contributed by atoms with Gasteiger partial charge < -0.3 is 14.8 Å². The second-order valence-corrected chi connectivity index (χ2v) is 4.06. The van der Waals surface area contributed by atoms with Crippen molar-refractivity contribution in [1.82, 2.24) is 5.32 Å². The maximum atomic E-state index is 5.50. The molecule has 0 aromatic heterocycles. The van der Waals surface area contributed by atoms with E-state index in [9.17, 15) is 0 Å². The van der Waals surface area contributed by atoms with Gasteiger partial charge in [-0.05, 0) is 33.1 Å². The molecule has 0 amide bonds. The van der Waals surface area contributed by atoms with E-state index < -0.39 is 0 Å². The van der Waals surface area contributed by atoms with Crippen molar-refractivity contribution in [3.8, 4) is 0 Å². The second kappa shape index (κ2) is 8.74. The van der Waals surface area contributed by atoms with E-state index in [1.165, 1.54) is 12.8 Å². The molecule has 1 atom stereocenters. The molecule has 0 spiro atoms. The molecule has 0 saturated heterocycles. The molecule has 0 aromatic rings. The van der Waals surface area contributed by atoms with Crippen LogP contribution in [-0.4, -0.2) is 32.1 Å². The Labute approximate surface area is 99.2 Å². The Morgan fingerprint density at radius 1 is 1.25 bits per heavy atom. The van der Waals surface area contributed by atoms with Crippen molar-refractivity contribution in [2.24, 2.45) is 0 Å². The first-order chi connectivity index (χ1) is 7.86. The SMILES string of the molecule is CCOC(CCNC1CC=CCC1)OCC. The molecule has 0 saturated carbocycles. The highest BCUT2D eigenvalue weighted by Gasteiger charge is 2.11. The van der Waals surface area contributed by atoms with Crippen molar-refractivity contribution in [2.75, 3.05) is 19.8 Å². The molecule has 1 rings (SSSR count). The molecule has 1 unspecified atom stereocenters. The van der Waals surface area contributed by atoms with Gasteiger partial charge in [0.1, 0.15) is 0 Å². The van der Waals surface area contributed by atoms with Gasteiger partial charge in [0.25, 0.3) is 0 Å². The summed E-state index contributed by atoms with van der Waals surface area (Å²) < 4.78 is 11.0. The quantitative estimate of drug-likeness (QED) is 0.510. The first-order valence-corrected chi connectivity index (χ1v) is 6.48. The molecular formula is C13H25NO2. The van der Waals surface area contributed by atoms with Crippen molar-refractivity contribution in [3.05, 3.63) is 12.2 Å². The van der Waals surface area contributed by atoms with Crippen molar-refractivity contribution in [1.29, 1.82) is 0 Å². The first-order valence-electron chi connectivity index (χ1n) is 6.48. The predicted molar refractivity (Wildman–Crippen MR) is 66.4 cm³/mol. The molecule has 0 heterocycles. The van der Waals surface area contributed by atoms with Gasteiger partial charge in [-0.3, -0.25) is 0 Å². The Kier molecular flexibility index (Phi) is 7.47. The molecule has 3 nitrogen and oxygen atoms in total. The van der Waals surface area contributed by atoms with E-state index in [1.807, 2.05) is 13.8 Å². The third-order valence-corrected chi connectivity index (χ3v) is 2.79. The molecule has 0 aliphatic heterocycles. The van der Waals surface area contributed by atoms with Gasteiger partial charge in [0, 0.05) is 32.2 Å². The van der Waals surface area contributed by atoms with Crippen LogP contribution in [-0.2, 0) is 9.47 Å². The third kappa shape index (κ3) is 5.64. The molecular weight excluding hydrogens is 202 g/mol. The molecule has 3 heteroatoms. The fourth-order valence-corrected chi connectivity index (χ4v) is 1.97. The molecule has 0 aromatic carbocycles. The van der Waals surface area contributed by atoms with E-state index in [0.717, 1.165) is 32.6 Å². The Morgan fingerprint density at radius 3 is 2.56 bits per heavy atom. The van der Waals surface area contributed by atoms with Crippen LogP contribution in [0.1, 0.15) is 39.5 Å². The van der Waals surface area contributed by atoms with Gasteiger partial charge in [0.15, 0.2) is 6.29 Å². The van der Waals surface area contributed by atoms with Gasteiger partial charge in [0.2, 0.25) is 0 Å². The summed E-state index contributed by atoms with van der Waals surface area (Å²) in [5.41, 5.74) is 0. The van der Waals surface area contributed by atoms with Crippen LogP contribution < -0.4 is 5.32 Å². The van der Waals surface area contributed by atoms with Gasteiger partial charge in [-0.1, -0.05) is 12.2 Å². The Hall–Kier alpha value is -0.380. The van der Waals surface area contributed by atoms with Gasteiger partial charge in [0.05, 0.1) is 0 Å². The number of hydrogen-bond acceptors (Lipinski definition) is 3. The van der Waals surface area contributed by atoms with Crippen molar-refractivity contribution in [3.63, 3.8) is 0 Å². The molecule has 1 aliphatic carbocycles. The minimum atomic E-state index is -0.0402. The molecule has 0 bridgehead atoms. The number of nitrogens with one attached hydrogen (secondary N) is 1. The lowest BCUT2D eigenvalue weighted by molar-refractivity contribution is -0.138. The summed E-state index contributed by atoms with van der Waals surface area (Å²) in [6.45, 7) is 6.42. The highest BCUT2D eigenvalue weighted by molar-refractivity contribution is 4.92. The van der Waals surface area contributed by atoms with Gasteiger partial charge in [-0.25, -0.2) is 0 Å². The zero-order valence-corrected chi connectivity index (χ0v) is 10.6. The van der Waals surface area contributed by atoms with Gasteiger partial charge in [-0.15, -0.1) is 0 Å². The van der Waals surface area contributed by atoms with Crippen LogP contribution in [0.2, 0.25) is 0 Å².